The number of carbonyl (C=O) groups excluding carboxylic acids is 2. The molecule has 0 fully saturated rings. The van der Waals surface area contributed by atoms with Crippen molar-refractivity contribution in [2.24, 2.45) is 0 Å². The van der Waals surface area contributed by atoms with Gasteiger partial charge >= 0.3 is 17.6 Å². The topological polar surface area (TPSA) is 107 Å². The van der Waals surface area contributed by atoms with Crippen LogP contribution >= 0.6 is 0 Å². The van der Waals surface area contributed by atoms with Gasteiger partial charge in [0.05, 0.1) is 12.7 Å². The standard InChI is InChI=1S/C25H20N2O6/c1-31-20-11-12-21-17(13-23(28)33-22(21)14-20)15-32-24(29)16-7-9-19(10-8-16)27-25(30)26-18-5-3-2-4-6-18/h2-14H,15H2,1H3,(H2,26,27,30). The highest BCUT2D eigenvalue weighted by Gasteiger charge is 2.12. The summed E-state index contributed by atoms with van der Waals surface area (Å²) >= 11 is 0. The third-order valence-corrected chi connectivity index (χ3v) is 4.81. The number of nitrogens with one attached hydrogen (secondary N) is 2. The minimum atomic E-state index is -0.565. The molecule has 166 valence electrons. The Hall–Kier alpha value is -4.59. The van der Waals surface area contributed by atoms with Gasteiger partial charge in [0, 0.05) is 34.5 Å². The van der Waals surface area contributed by atoms with Gasteiger partial charge in [-0.15, -0.1) is 0 Å². The molecule has 8 heteroatoms. The number of ether oxygens (including phenoxy) is 2. The van der Waals surface area contributed by atoms with E-state index in [-0.39, 0.29) is 6.61 Å². The van der Waals surface area contributed by atoms with E-state index in [9.17, 15) is 14.4 Å². The first kappa shape index (κ1) is 21.6. The molecule has 0 saturated heterocycles. The quantitative estimate of drug-likeness (QED) is 0.327. The number of hydrogen-bond donors (Lipinski definition) is 2. The van der Waals surface area contributed by atoms with Gasteiger partial charge in [-0.05, 0) is 48.5 Å². The minimum absolute atomic E-state index is 0.104. The number of hydrogen-bond acceptors (Lipinski definition) is 6. The van der Waals surface area contributed by atoms with Gasteiger partial charge in [0.15, 0.2) is 0 Å². The van der Waals surface area contributed by atoms with Crippen molar-refractivity contribution in [2.45, 2.75) is 6.61 Å². The third-order valence-electron chi connectivity index (χ3n) is 4.81. The van der Waals surface area contributed by atoms with Crippen molar-refractivity contribution < 1.29 is 23.5 Å². The van der Waals surface area contributed by atoms with Crippen molar-refractivity contribution in [1.29, 1.82) is 0 Å². The molecule has 0 spiro atoms. The molecule has 1 heterocycles. The lowest BCUT2D eigenvalue weighted by molar-refractivity contribution is 0.0474. The van der Waals surface area contributed by atoms with Crippen molar-refractivity contribution >= 4 is 34.3 Å². The van der Waals surface area contributed by atoms with Crippen LogP contribution < -0.4 is 21.0 Å². The first-order valence-corrected chi connectivity index (χ1v) is 10.0. The molecule has 8 nitrogen and oxygen atoms in total. The number of esters is 1. The van der Waals surface area contributed by atoms with Crippen LogP contribution in [0, 0.1) is 0 Å². The Labute approximate surface area is 188 Å². The Balaban J connectivity index is 1.39. The number of fused-ring (bicyclic) bond motifs is 1. The van der Waals surface area contributed by atoms with Gasteiger partial charge in [0.25, 0.3) is 0 Å². The van der Waals surface area contributed by atoms with E-state index in [1.165, 1.54) is 13.2 Å². The molecule has 0 aliphatic rings. The van der Waals surface area contributed by atoms with Crippen LogP contribution in [0.2, 0.25) is 0 Å². The predicted molar refractivity (Wildman–Crippen MR) is 124 cm³/mol. The van der Waals surface area contributed by atoms with E-state index in [1.807, 2.05) is 18.2 Å². The number of carbonyl (C=O) groups is 2. The number of methoxy groups -OCH3 is 1. The van der Waals surface area contributed by atoms with E-state index in [1.54, 1.807) is 54.6 Å². The van der Waals surface area contributed by atoms with E-state index in [4.69, 9.17) is 13.9 Å². The van der Waals surface area contributed by atoms with Gasteiger partial charge in [0.2, 0.25) is 0 Å². The lowest BCUT2D eigenvalue weighted by Crippen LogP contribution is -2.19. The van der Waals surface area contributed by atoms with Crippen molar-refractivity contribution in [3.8, 4) is 5.75 Å². The smallest absolute Gasteiger partial charge is 0.338 e. The highest BCUT2D eigenvalue weighted by Crippen LogP contribution is 2.23. The fourth-order valence-electron chi connectivity index (χ4n) is 3.19. The SMILES string of the molecule is COc1ccc2c(COC(=O)c3ccc(NC(=O)Nc4ccccc4)cc3)cc(=O)oc2c1. The highest BCUT2D eigenvalue weighted by molar-refractivity contribution is 6.00. The van der Waals surface area contributed by atoms with Crippen LogP contribution in [0.4, 0.5) is 16.2 Å². The van der Waals surface area contributed by atoms with Gasteiger partial charge in [0.1, 0.15) is 17.9 Å². The summed E-state index contributed by atoms with van der Waals surface area (Å²) < 4.78 is 15.7. The number of benzene rings is 3. The summed E-state index contributed by atoms with van der Waals surface area (Å²) in [7, 11) is 1.52. The molecule has 0 aliphatic heterocycles. The second-order valence-electron chi connectivity index (χ2n) is 7.05. The van der Waals surface area contributed by atoms with Crippen molar-refractivity contribution in [2.75, 3.05) is 17.7 Å². The first-order valence-electron chi connectivity index (χ1n) is 10.0. The summed E-state index contributed by atoms with van der Waals surface area (Å²) in [6.07, 6.45) is 0. The maximum absolute atomic E-state index is 12.5. The Morgan fingerprint density at radius 3 is 2.27 bits per heavy atom. The summed E-state index contributed by atoms with van der Waals surface area (Å²) in [5.41, 5.74) is 1.80. The van der Waals surface area contributed by atoms with E-state index < -0.39 is 17.6 Å². The number of amides is 2. The Kier molecular flexibility index (Phi) is 6.36. The lowest BCUT2D eigenvalue weighted by Gasteiger charge is -2.10. The maximum Gasteiger partial charge on any atom is 0.338 e. The van der Waals surface area contributed by atoms with E-state index in [0.717, 1.165) is 0 Å². The zero-order valence-electron chi connectivity index (χ0n) is 17.7. The first-order chi connectivity index (χ1) is 16.0. The summed E-state index contributed by atoms with van der Waals surface area (Å²) in [5, 5.41) is 6.05. The third kappa shape index (κ3) is 5.37. The van der Waals surface area contributed by atoms with Crippen molar-refractivity contribution in [3.63, 3.8) is 0 Å². The summed E-state index contributed by atoms with van der Waals surface area (Å²) in [6, 6.07) is 21.3. The van der Waals surface area contributed by atoms with Crippen LogP contribution in [0.15, 0.2) is 88.1 Å². The van der Waals surface area contributed by atoms with Gasteiger partial charge in [-0.2, -0.15) is 0 Å². The Bertz CT molecular complexity index is 1350. The Morgan fingerprint density at radius 1 is 0.879 bits per heavy atom. The van der Waals surface area contributed by atoms with Crippen LogP contribution in [0.5, 0.6) is 5.75 Å². The molecule has 0 radical (unpaired) electrons. The molecule has 33 heavy (non-hydrogen) atoms. The van der Waals surface area contributed by atoms with E-state index >= 15 is 0 Å². The fourth-order valence-corrected chi connectivity index (χ4v) is 3.19. The average molecular weight is 444 g/mol. The van der Waals surface area contributed by atoms with Crippen LogP contribution in [-0.2, 0) is 11.3 Å². The molecule has 2 amide bonds. The molecule has 1 aromatic heterocycles. The monoisotopic (exact) mass is 444 g/mol. The number of anilines is 2. The maximum atomic E-state index is 12.5. The molecule has 0 saturated carbocycles. The van der Waals surface area contributed by atoms with Crippen LogP contribution in [0.3, 0.4) is 0 Å². The molecule has 4 rings (SSSR count). The van der Waals surface area contributed by atoms with Crippen LogP contribution in [0.1, 0.15) is 15.9 Å². The highest BCUT2D eigenvalue weighted by atomic mass is 16.5. The molecular weight excluding hydrogens is 424 g/mol. The lowest BCUT2D eigenvalue weighted by atomic mass is 10.1. The number of urea groups is 1. The summed E-state index contributed by atoms with van der Waals surface area (Å²) in [5.74, 6) is -0.0175. The van der Waals surface area contributed by atoms with Gasteiger partial charge in [-0.25, -0.2) is 14.4 Å². The Morgan fingerprint density at radius 2 is 1.58 bits per heavy atom. The summed E-state index contributed by atoms with van der Waals surface area (Å²) in [4.78, 5) is 36.4. The molecule has 0 aliphatic carbocycles. The second kappa shape index (κ2) is 9.69. The molecule has 4 aromatic rings. The minimum Gasteiger partial charge on any atom is -0.497 e. The van der Waals surface area contributed by atoms with E-state index in [2.05, 4.69) is 10.6 Å². The zero-order chi connectivity index (χ0) is 23.2. The fraction of sp³-hybridized carbons (Fsp3) is 0.0800. The molecule has 2 N–H and O–H groups in total. The van der Waals surface area contributed by atoms with Gasteiger partial charge < -0.3 is 24.5 Å². The summed E-state index contributed by atoms with van der Waals surface area (Å²) in [6.45, 7) is -0.104. The van der Waals surface area contributed by atoms with Crippen molar-refractivity contribution in [1.82, 2.24) is 0 Å². The van der Waals surface area contributed by atoms with Crippen LogP contribution in [0.25, 0.3) is 11.0 Å². The normalized spacial score (nSPS) is 10.5. The molecule has 0 atom stereocenters. The largest absolute Gasteiger partial charge is 0.497 e. The number of rotatable bonds is 6. The molecular formula is C25H20N2O6. The van der Waals surface area contributed by atoms with E-state index in [0.29, 0.717) is 39.2 Å². The number of para-hydroxylation sites is 1. The molecule has 3 aromatic carbocycles. The molecule has 0 bridgehead atoms. The van der Waals surface area contributed by atoms with Crippen LogP contribution in [-0.4, -0.2) is 19.1 Å². The molecule has 0 unspecified atom stereocenters. The zero-order valence-corrected chi connectivity index (χ0v) is 17.7. The van der Waals surface area contributed by atoms with Crippen molar-refractivity contribution in [3.05, 3.63) is 100 Å². The van der Waals surface area contributed by atoms with Gasteiger partial charge in [-0.3, -0.25) is 0 Å². The second-order valence-corrected chi connectivity index (χ2v) is 7.05. The average Bonchev–Trinajstić information content (AvgIpc) is 2.82. The predicted octanol–water partition coefficient (Wildman–Crippen LogP) is 4.80. The van der Waals surface area contributed by atoms with Gasteiger partial charge in [-0.1, -0.05) is 18.2 Å².